The summed E-state index contributed by atoms with van der Waals surface area (Å²) in [6.45, 7) is 0. The van der Waals surface area contributed by atoms with Crippen molar-refractivity contribution in [1.82, 2.24) is 0 Å². The average molecular weight is 142 g/mol. The molecule has 0 fully saturated rings. The summed E-state index contributed by atoms with van der Waals surface area (Å²) in [6.07, 6.45) is 7.11. The molecule has 1 atom stereocenters. The summed E-state index contributed by atoms with van der Waals surface area (Å²) in [5.41, 5.74) is 0.667. The van der Waals surface area contributed by atoms with Crippen molar-refractivity contribution in [3.8, 4) is 12.3 Å². The Morgan fingerprint density at radius 1 is 1.89 bits per heavy atom. The van der Waals surface area contributed by atoms with E-state index < -0.39 is 7.37 Å². The van der Waals surface area contributed by atoms with Crippen molar-refractivity contribution in [2.24, 2.45) is 0 Å². The van der Waals surface area contributed by atoms with Crippen LogP contribution in [0, 0.1) is 12.3 Å². The molecule has 48 valence electrons. The van der Waals surface area contributed by atoms with Gasteiger partial charge in [0.15, 0.2) is 0 Å². The summed E-state index contributed by atoms with van der Waals surface area (Å²) in [5, 5.41) is 0. The largest absolute Gasteiger partial charge is 0.344 e. The highest BCUT2D eigenvalue weighted by molar-refractivity contribution is 7.58. The van der Waals surface area contributed by atoms with Crippen LogP contribution in [0.4, 0.5) is 0 Å². The van der Waals surface area contributed by atoms with Gasteiger partial charge in [-0.1, -0.05) is 12.0 Å². The van der Waals surface area contributed by atoms with Crippen LogP contribution in [-0.2, 0) is 4.57 Å². The smallest absolute Gasteiger partial charge is 0.209 e. The zero-order chi connectivity index (χ0) is 6.91. The predicted molar refractivity (Wildman–Crippen MR) is 36.5 cm³/mol. The molecule has 3 heteroatoms. The van der Waals surface area contributed by atoms with Crippen molar-refractivity contribution in [3.63, 3.8) is 0 Å². The maximum atomic E-state index is 10.8. The molecule has 0 aromatic carbocycles. The van der Waals surface area contributed by atoms with Crippen LogP contribution < -0.4 is 0 Å². The maximum Gasteiger partial charge on any atom is 0.209 e. The molecular formula is C6H7O2P. The first-order valence-electron chi connectivity index (χ1n) is 2.60. The first kappa shape index (κ1) is 6.61. The molecule has 0 aromatic heterocycles. The molecule has 1 aliphatic heterocycles. The van der Waals surface area contributed by atoms with Crippen molar-refractivity contribution >= 4 is 7.37 Å². The van der Waals surface area contributed by atoms with Crippen LogP contribution in [0.2, 0.25) is 0 Å². The highest BCUT2D eigenvalue weighted by atomic mass is 31.2. The molecule has 0 saturated heterocycles. The van der Waals surface area contributed by atoms with Gasteiger partial charge in [-0.2, -0.15) is 0 Å². The minimum Gasteiger partial charge on any atom is -0.344 e. The third-order valence-corrected chi connectivity index (χ3v) is 2.81. The van der Waals surface area contributed by atoms with Gasteiger partial charge in [-0.25, -0.2) is 0 Å². The van der Waals surface area contributed by atoms with Crippen LogP contribution >= 0.6 is 7.37 Å². The summed E-state index contributed by atoms with van der Waals surface area (Å²) < 4.78 is 10.8. The first-order chi connectivity index (χ1) is 4.14. The quantitative estimate of drug-likeness (QED) is 0.401. The van der Waals surface area contributed by atoms with E-state index in [4.69, 9.17) is 11.3 Å². The highest BCUT2D eigenvalue weighted by Gasteiger charge is 2.23. The standard InChI is InChI=1S/C6H7O2P/c1-2-6-3-4-9(7,8)5-6/h1,3H,4-5H2,(H,7,8). The average Bonchev–Trinajstić information content (AvgIpc) is 2.10. The van der Waals surface area contributed by atoms with Crippen LogP contribution in [0.15, 0.2) is 11.6 Å². The zero-order valence-electron chi connectivity index (χ0n) is 4.87. The fourth-order valence-corrected chi connectivity index (χ4v) is 2.14. The Labute approximate surface area is 54.0 Å². The Hall–Kier alpha value is -0.510. The Morgan fingerprint density at radius 3 is 2.78 bits per heavy atom. The first-order valence-corrected chi connectivity index (χ1v) is 4.63. The van der Waals surface area contributed by atoms with Gasteiger partial charge in [0.2, 0.25) is 7.37 Å². The fraction of sp³-hybridized carbons (Fsp3) is 0.333. The molecule has 0 radical (unpaired) electrons. The monoisotopic (exact) mass is 142 g/mol. The van der Waals surface area contributed by atoms with Gasteiger partial charge in [0.25, 0.3) is 0 Å². The molecule has 1 rings (SSSR count). The normalized spacial score (nSPS) is 33.6. The molecule has 0 aromatic rings. The van der Waals surface area contributed by atoms with E-state index in [2.05, 4.69) is 5.92 Å². The summed E-state index contributed by atoms with van der Waals surface area (Å²) in [5.74, 6) is 2.35. The Bertz CT molecular complexity index is 234. The zero-order valence-corrected chi connectivity index (χ0v) is 5.77. The van der Waals surface area contributed by atoms with Crippen LogP contribution in [-0.4, -0.2) is 17.2 Å². The third kappa shape index (κ3) is 1.45. The molecule has 0 saturated carbocycles. The number of terminal acetylenes is 1. The summed E-state index contributed by atoms with van der Waals surface area (Å²) >= 11 is 0. The van der Waals surface area contributed by atoms with E-state index in [0.717, 1.165) is 0 Å². The molecular weight excluding hydrogens is 135 g/mol. The molecule has 0 bridgehead atoms. The second-order valence-electron chi connectivity index (χ2n) is 2.06. The lowest BCUT2D eigenvalue weighted by Crippen LogP contribution is -1.82. The van der Waals surface area contributed by atoms with Gasteiger partial charge < -0.3 is 4.89 Å². The minimum absolute atomic E-state index is 0.198. The number of rotatable bonds is 0. The van der Waals surface area contributed by atoms with E-state index in [1.165, 1.54) is 0 Å². The van der Waals surface area contributed by atoms with Gasteiger partial charge in [-0.15, -0.1) is 6.42 Å². The van der Waals surface area contributed by atoms with Crippen molar-refractivity contribution in [2.75, 3.05) is 12.3 Å². The maximum absolute atomic E-state index is 10.8. The summed E-state index contributed by atoms with van der Waals surface area (Å²) in [6, 6.07) is 0. The molecule has 0 spiro atoms. The molecule has 1 N–H and O–H groups in total. The van der Waals surface area contributed by atoms with Crippen LogP contribution in [0.25, 0.3) is 0 Å². The van der Waals surface area contributed by atoms with Crippen molar-refractivity contribution in [3.05, 3.63) is 11.6 Å². The van der Waals surface area contributed by atoms with Crippen molar-refractivity contribution in [2.45, 2.75) is 0 Å². The summed E-state index contributed by atoms with van der Waals surface area (Å²) in [4.78, 5) is 8.90. The van der Waals surface area contributed by atoms with Gasteiger partial charge in [0.1, 0.15) is 0 Å². The van der Waals surface area contributed by atoms with Gasteiger partial charge >= 0.3 is 0 Å². The van der Waals surface area contributed by atoms with E-state index in [-0.39, 0.29) is 12.3 Å². The Balaban J connectivity index is 2.74. The van der Waals surface area contributed by atoms with Gasteiger partial charge in [-0.3, -0.25) is 4.57 Å². The highest BCUT2D eigenvalue weighted by Crippen LogP contribution is 2.46. The molecule has 2 nitrogen and oxygen atoms in total. The SMILES string of the molecule is C#CC1=CCP(=O)(O)C1. The van der Waals surface area contributed by atoms with Gasteiger partial charge in [0, 0.05) is 11.7 Å². The van der Waals surface area contributed by atoms with Crippen LogP contribution in [0.5, 0.6) is 0 Å². The topological polar surface area (TPSA) is 37.3 Å². The fourth-order valence-electron chi connectivity index (χ4n) is 0.753. The minimum atomic E-state index is -2.85. The molecule has 0 aliphatic carbocycles. The second kappa shape index (κ2) is 2.02. The molecule has 9 heavy (non-hydrogen) atoms. The van der Waals surface area contributed by atoms with Crippen LogP contribution in [0.3, 0.4) is 0 Å². The Morgan fingerprint density at radius 2 is 2.56 bits per heavy atom. The van der Waals surface area contributed by atoms with E-state index >= 15 is 0 Å². The molecule has 1 heterocycles. The van der Waals surface area contributed by atoms with Crippen molar-refractivity contribution in [1.29, 1.82) is 0 Å². The van der Waals surface area contributed by atoms with E-state index in [0.29, 0.717) is 5.57 Å². The lowest BCUT2D eigenvalue weighted by molar-refractivity contribution is 0.486. The predicted octanol–water partition coefficient (Wildman–Crippen LogP) is 0.830. The van der Waals surface area contributed by atoms with Gasteiger partial charge in [0.05, 0.1) is 6.16 Å². The van der Waals surface area contributed by atoms with E-state index in [1.807, 2.05) is 0 Å². The molecule has 1 unspecified atom stereocenters. The lowest BCUT2D eigenvalue weighted by atomic mass is 10.3. The lowest BCUT2D eigenvalue weighted by Gasteiger charge is -1.97. The van der Waals surface area contributed by atoms with E-state index in [1.54, 1.807) is 6.08 Å². The summed E-state index contributed by atoms with van der Waals surface area (Å²) in [7, 11) is -2.85. The number of hydrogen-bond acceptors (Lipinski definition) is 1. The van der Waals surface area contributed by atoms with E-state index in [9.17, 15) is 4.57 Å². The number of hydrogen-bond donors (Lipinski definition) is 1. The third-order valence-electron chi connectivity index (χ3n) is 1.23. The molecule has 1 aliphatic rings. The second-order valence-corrected chi connectivity index (χ2v) is 4.43. The Kier molecular flexibility index (Phi) is 1.48. The van der Waals surface area contributed by atoms with Crippen molar-refractivity contribution < 1.29 is 9.46 Å². The molecule has 0 amide bonds. The number of allylic oxidation sites excluding steroid dienone is 2. The van der Waals surface area contributed by atoms with Gasteiger partial charge in [-0.05, 0) is 0 Å². The van der Waals surface area contributed by atoms with Crippen LogP contribution in [0.1, 0.15) is 0 Å².